The van der Waals surface area contributed by atoms with Crippen molar-refractivity contribution in [1.82, 2.24) is 0 Å². The molecule has 0 unspecified atom stereocenters. The summed E-state index contributed by atoms with van der Waals surface area (Å²) in [5, 5.41) is 8.90. The number of Topliss-reactive ketones (excluding diaryl/α,β-unsaturated/α-hetero) is 3. The Morgan fingerprint density at radius 2 is 0.829 bits per heavy atom. The maximum atomic E-state index is 11.5. The van der Waals surface area contributed by atoms with Gasteiger partial charge in [-0.2, -0.15) is 0 Å². The van der Waals surface area contributed by atoms with Gasteiger partial charge in [-0.1, -0.05) is 20.8 Å². The molecule has 3 aromatic carbocycles. The lowest BCUT2D eigenvalue weighted by molar-refractivity contribution is 0.0980. The molecule has 0 aliphatic carbocycles. The number of carbonyl (C=O) groups excluding carboxylic acids is 3. The second-order valence-corrected chi connectivity index (χ2v) is 7.62. The van der Waals surface area contributed by atoms with Gasteiger partial charge in [0.1, 0.15) is 30.5 Å². The van der Waals surface area contributed by atoms with E-state index in [0.717, 1.165) is 0 Å². The number of rotatable bonds is 11. The van der Waals surface area contributed by atoms with Gasteiger partial charge < -0.3 is 14.6 Å². The smallest absolute Gasteiger partial charge is 0.162 e. The molecule has 184 valence electrons. The summed E-state index contributed by atoms with van der Waals surface area (Å²) in [7, 11) is 0. The number of phenols is 1. The van der Waals surface area contributed by atoms with Crippen LogP contribution in [0.4, 0.5) is 0 Å². The van der Waals surface area contributed by atoms with Gasteiger partial charge in [-0.3, -0.25) is 14.4 Å². The Kier molecular flexibility index (Phi) is 11.2. The van der Waals surface area contributed by atoms with Crippen molar-refractivity contribution in [3.05, 3.63) is 89.5 Å². The van der Waals surface area contributed by atoms with Gasteiger partial charge in [-0.15, -0.1) is 0 Å². The zero-order valence-electron chi connectivity index (χ0n) is 20.5. The van der Waals surface area contributed by atoms with Crippen LogP contribution in [0.1, 0.15) is 71.1 Å². The molecule has 0 saturated carbocycles. The standard InChI is InChI=1S/C20H22O4.C9H10O2/c1-3-19(21)15-5-9-17(10-6-15)23-13-14-24-18-11-7-16(8-12-18)20(22)4-2;1-2-9(11)7-3-5-8(10)6-4-7/h5-12H,3-4,13-14H2,1-2H3;3-6,10H,2H2,1H3. The van der Waals surface area contributed by atoms with Gasteiger partial charge in [0, 0.05) is 36.0 Å². The van der Waals surface area contributed by atoms with Crippen LogP contribution in [-0.4, -0.2) is 35.7 Å². The van der Waals surface area contributed by atoms with E-state index in [9.17, 15) is 14.4 Å². The first-order valence-corrected chi connectivity index (χ1v) is 11.7. The van der Waals surface area contributed by atoms with Gasteiger partial charge in [0.05, 0.1) is 0 Å². The van der Waals surface area contributed by atoms with Crippen molar-refractivity contribution >= 4 is 17.3 Å². The van der Waals surface area contributed by atoms with Crippen LogP contribution in [0.15, 0.2) is 72.8 Å². The fourth-order valence-corrected chi connectivity index (χ4v) is 3.05. The van der Waals surface area contributed by atoms with Crippen LogP contribution in [0, 0.1) is 0 Å². The van der Waals surface area contributed by atoms with Crippen molar-refractivity contribution in [2.45, 2.75) is 40.0 Å². The molecular weight excluding hydrogens is 444 g/mol. The van der Waals surface area contributed by atoms with Gasteiger partial charge in [0.2, 0.25) is 0 Å². The van der Waals surface area contributed by atoms with Crippen LogP contribution in [0.3, 0.4) is 0 Å². The fourth-order valence-electron chi connectivity index (χ4n) is 3.05. The van der Waals surface area contributed by atoms with Crippen molar-refractivity contribution in [2.75, 3.05) is 13.2 Å². The molecule has 0 heterocycles. The Labute approximate surface area is 206 Å². The Bertz CT molecular complexity index is 1020. The third-order valence-electron chi connectivity index (χ3n) is 5.13. The van der Waals surface area contributed by atoms with Gasteiger partial charge >= 0.3 is 0 Å². The number of aromatic hydroxyl groups is 1. The van der Waals surface area contributed by atoms with E-state index in [2.05, 4.69) is 0 Å². The summed E-state index contributed by atoms with van der Waals surface area (Å²) < 4.78 is 11.2. The minimum absolute atomic E-state index is 0.102. The third-order valence-corrected chi connectivity index (χ3v) is 5.13. The Hall–Kier alpha value is -3.93. The lowest BCUT2D eigenvalue weighted by Gasteiger charge is -2.09. The topological polar surface area (TPSA) is 89.9 Å². The van der Waals surface area contributed by atoms with Crippen LogP contribution in [0.5, 0.6) is 17.2 Å². The van der Waals surface area contributed by atoms with E-state index in [1.807, 2.05) is 20.8 Å². The summed E-state index contributed by atoms with van der Waals surface area (Å²) >= 11 is 0. The summed E-state index contributed by atoms with van der Waals surface area (Å²) in [6.45, 7) is 6.30. The van der Waals surface area contributed by atoms with Gasteiger partial charge in [-0.25, -0.2) is 0 Å². The van der Waals surface area contributed by atoms with Crippen LogP contribution in [0.2, 0.25) is 0 Å². The fraction of sp³-hybridized carbons (Fsp3) is 0.276. The molecule has 6 heteroatoms. The van der Waals surface area contributed by atoms with Crippen LogP contribution < -0.4 is 9.47 Å². The molecule has 35 heavy (non-hydrogen) atoms. The first-order valence-electron chi connectivity index (χ1n) is 11.7. The number of hydrogen-bond acceptors (Lipinski definition) is 6. The average Bonchev–Trinajstić information content (AvgIpc) is 2.91. The highest BCUT2D eigenvalue weighted by molar-refractivity contribution is 5.96. The molecule has 0 aliphatic heterocycles. The number of ether oxygens (including phenoxy) is 2. The number of phenolic OH excluding ortho intramolecular Hbond substituents is 1. The second-order valence-electron chi connectivity index (χ2n) is 7.62. The predicted molar refractivity (Wildman–Crippen MR) is 136 cm³/mol. The molecule has 0 aromatic heterocycles. The van der Waals surface area contributed by atoms with Crippen LogP contribution in [0.25, 0.3) is 0 Å². The number of ketones is 3. The first-order chi connectivity index (χ1) is 16.9. The van der Waals surface area contributed by atoms with Crippen molar-refractivity contribution in [3.8, 4) is 17.2 Å². The van der Waals surface area contributed by atoms with Crippen LogP contribution >= 0.6 is 0 Å². The normalized spacial score (nSPS) is 10.0. The molecule has 6 nitrogen and oxygen atoms in total. The lowest BCUT2D eigenvalue weighted by atomic mass is 10.1. The predicted octanol–water partition coefficient (Wildman–Crippen LogP) is 6.31. The Morgan fingerprint density at radius 3 is 1.11 bits per heavy atom. The lowest BCUT2D eigenvalue weighted by Crippen LogP contribution is -2.09. The number of benzene rings is 3. The average molecular weight is 477 g/mol. The zero-order valence-corrected chi connectivity index (χ0v) is 20.5. The van der Waals surface area contributed by atoms with Gasteiger partial charge in [0.15, 0.2) is 17.3 Å². The molecule has 3 rings (SSSR count). The minimum Gasteiger partial charge on any atom is -0.508 e. The summed E-state index contributed by atoms with van der Waals surface area (Å²) in [6.07, 6.45) is 1.50. The van der Waals surface area contributed by atoms with Gasteiger partial charge in [-0.05, 0) is 72.8 Å². The molecule has 3 aromatic rings. The molecule has 0 atom stereocenters. The largest absolute Gasteiger partial charge is 0.508 e. The van der Waals surface area contributed by atoms with E-state index in [-0.39, 0.29) is 23.1 Å². The Balaban J connectivity index is 0.000000328. The van der Waals surface area contributed by atoms with Crippen molar-refractivity contribution < 1.29 is 29.0 Å². The summed E-state index contributed by atoms with van der Waals surface area (Å²) in [4.78, 5) is 34.1. The monoisotopic (exact) mass is 476 g/mol. The maximum Gasteiger partial charge on any atom is 0.162 e. The second kappa shape index (κ2) is 14.4. The van der Waals surface area contributed by atoms with Gasteiger partial charge in [0.25, 0.3) is 0 Å². The number of carbonyl (C=O) groups is 3. The summed E-state index contributed by atoms with van der Waals surface area (Å²) in [6, 6.07) is 20.5. The van der Waals surface area contributed by atoms with E-state index in [1.54, 1.807) is 60.7 Å². The molecule has 0 spiro atoms. The van der Waals surface area contributed by atoms with E-state index >= 15 is 0 Å². The molecule has 0 amide bonds. The van der Waals surface area contributed by atoms with E-state index < -0.39 is 0 Å². The van der Waals surface area contributed by atoms with Crippen molar-refractivity contribution in [2.24, 2.45) is 0 Å². The molecule has 1 N–H and O–H groups in total. The quantitative estimate of drug-likeness (QED) is 0.257. The summed E-state index contributed by atoms with van der Waals surface area (Å²) in [5.74, 6) is 1.94. The molecule has 0 saturated heterocycles. The third kappa shape index (κ3) is 9.08. The van der Waals surface area contributed by atoms with E-state index in [4.69, 9.17) is 14.6 Å². The minimum atomic E-state index is 0.102. The molecule has 0 fully saturated rings. The summed E-state index contributed by atoms with van der Waals surface area (Å²) in [5.41, 5.74) is 2.05. The first kappa shape index (κ1) is 27.3. The van der Waals surface area contributed by atoms with E-state index in [1.165, 1.54) is 12.1 Å². The van der Waals surface area contributed by atoms with Crippen molar-refractivity contribution in [3.63, 3.8) is 0 Å². The maximum absolute atomic E-state index is 11.5. The molecule has 0 aliphatic rings. The van der Waals surface area contributed by atoms with Crippen LogP contribution in [-0.2, 0) is 0 Å². The Morgan fingerprint density at radius 1 is 0.543 bits per heavy atom. The molecule has 0 bridgehead atoms. The molecular formula is C29H32O6. The highest BCUT2D eigenvalue weighted by Gasteiger charge is 2.04. The SMILES string of the molecule is CCC(=O)c1ccc(O)cc1.CCC(=O)c1ccc(OCCOc2ccc(C(=O)CC)cc2)cc1. The molecule has 0 radical (unpaired) electrons. The van der Waals surface area contributed by atoms with Crippen molar-refractivity contribution in [1.29, 1.82) is 0 Å². The zero-order chi connectivity index (χ0) is 25.6. The highest BCUT2D eigenvalue weighted by atomic mass is 16.5. The number of hydrogen-bond donors (Lipinski definition) is 1. The highest BCUT2D eigenvalue weighted by Crippen LogP contribution is 2.15. The van der Waals surface area contributed by atoms with E-state index in [0.29, 0.717) is 60.7 Å².